The molecule has 2 N–H and O–H groups in total. The van der Waals surface area contributed by atoms with E-state index in [1.807, 2.05) is 37.4 Å². The largest absolute Gasteiger partial charge is 0.351 e. The first-order valence-electron chi connectivity index (χ1n) is 6.55. The normalized spacial score (nSPS) is 10.5. The monoisotopic (exact) mass is 256 g/mol. The van der Waals surface area contributed by atoms with Crippen molar-refractivity contribution >= 4 is 5.82 Å². The molecule has 19 heavy (non-hydrogen) atoms. The molecule has 0 saturated heterocycles. The minimum absolute atomic E-state index is 0.539. The highest BCUT2D eigenvalue weighted by Gasteiger charge is 2.09. The molecule has 0 unspecified atom stereocenters. The summed E-state index contributed by atoms with van der Waals surface area (Å²) in [5.74, 6) is 0.966. The predicted octanol–water partition coefficient (Wildman–Crippen LogP) is 2.27. The van der Waals surface area contributed by atoms with E-state index in [4.69, 9.17) is 5.73 Å². The van der Waals surface area contributed by atoms with Gasteiger partial charge in [0, 0.05) is 25.0 Å². The molecule has 0 aliphatic heterocycles. The van der Waals surface area contributed by atoms with Crippen LogP contribution in [0.3, 0.4) is 0 Å². The fourth-order valence-electron chi connectivity index (χ4n) is 2.04. The maximum absolute atomic E-state index is 5.72. The Hall–Kier alpha value is -1.94. The van der Waals surface area contributed by atoms with Crippen LogP contribution in [0.15, 0.2) is 36.5 Å². The van der Waals surface area contributed by atoms with Gasteiger partial charge in [-0.15, -0.1) is 0 Å². The van der Waals surface area contributed by atoms with Gasteiger partial charge in [0.1, 0.15) is 5.82 Å². The van der Waals surface area contributed by atoms with Gasteiger partial charge in [-0.3, -0.25) is 4.98 Å². The lowest BCUT2D eigenvalue weighted by Crippen LogP contribution is -2.24. The second kappa shape index (κ2) is 6.29. The number of hydrogen-bond donors (Lipinski definition) is 1. The van der Waals surface area contributed by atoms with Crippen LogP contribution in [0.25, 0.3) is 0 Å². The standard InChI is InChI=1S/C15H20N4/c1-3-19(11-14-6-4-5-7-17-14)15-9-13(10-16)8-12(2)18-15/h4-9H,3,10-11,16H2,1-2H3. The van der Waals surface area contributed by atoms with Gasteiger partial charge in [0.15, 0.2) is 0 Å². The third-order valence-electron chi connectivity index (χ3n) is 3.02. The number of hydrogen-bond acceptors (Lipinski definition) is 4. The van der Waals surface area contributed by atoms with Crippen molar-refractivity contribution in [1.29, 1.82) is 0 Å². The quantitative estimate of drug-likeness (QED) is 0.891. The first-order valence-corrected chi connectivity index (χ1v) is 6.55. The average Bonchev–Trinajstić information content (AvgIpc) is 2.45. The summed E-state index contributed by atoms with van der Waals surface area (Å²) in [6.45, 7) is 6.30. The Morgan fingerprint density at radius 2 is 2.11 bits per heavy atom. The second-order valence-corrected chi connectivity index (χ2v) is 4.51. The van der Waals surface area contributed by atoms with Gasteiger partial charge in [0.25, 0.3) is 0 Å². The number of nitrogens with two attached hydrogens (primary N) is 1. The molecule has 0 fully saturated rings. The van der Waals surface area contributed by atoms with Crippen LogP contribution in [0.5, 0.6) is 0 Å². The topological polar surface area (TPSA) is 55.0 Å². The van der Waals surface area contributed by atoms with E-state index in [0.29, 0.717) is 6.54 Å². The maximum Gasteiger partial charge on any atom is 0.129 e. The van der Waals surface area contributed by atoms with E-state index >= 15 is 0 Å². The van der Waals surface area contributed by atoms with Crippen LogP contribution in [0.1, 0.15) is 23.9 Å². The lowest BCUT2D eigenvalue weighted by molar-refractivity contribution is 0.789. The van der Waals surface area contributed by atoms with Crippen molar-refractivity contribution in [3.05, 3.63) is 53.5 Å². The van der Waals surface area contributed by atoms with Crippen molar-refractivity contribution in [1.82, 2.24) is 9.97 Å². The van der Waals surface area contributed by atoms with Crippen molar-refractivity contribution < 1.29 is 0 Å². The van der Waals surface area contributed by atoms with Gasteiger partial charge < -0.3 is 10.6 Å². The molecule has 0 spiro atoms. The zero-order valence-corrected chi connectivity index (χ0v) is 11.5. The van der Waals surface area contributed by atoms with Crippen molar-refractivity contribution in [2.24, 2.45) is 5.73 Å². The van der Waals surface area contributed by atoms with Gasteiger partial charge in [-0.2, -0.15) is 0 Å². The van der Waals surface area contributed by atoms with E-state index in [9.17, 15) is 0 Å². The third-order valence-corrected chi connectivity index (χ3v) is 3.02. The lowest BCUT2D eigenvalue weighted by Gasteiger charge is -2.22. The van der Waals surface area contributed by atoms with Crippen molar-refractivity contribution in [2.45, 2.75) is 26.9 Å². The Morgan fingerprint density at radius 1 is 1.26 bits per heavy atom. The van der Waals surface area contributed by atoms with E-state index in [1.54, 1.807) is 0 Å². The van der Waals surface area contributed by atoms with E-state index in [1.165, 1.54) is 0 Å². The molecule has 0 bridgehead atoms. The molecule has 2 heterocycles. The first-order chi connectivity index (χ1) is 9.22. The molecular weight excluding hydrogens is 236 g/mol. The molecule has 0 atom stereocenters. The average molecular weight is 256 g/mol. The van der Waals surface area contributed by atoms with Gasteiger partial charge >= 0.3 is 0 Å². The van der Waals surface area contributed by atoms with Gasteiger partial charge in [0.05, 0.1) is 12.2 Å². The first kappa shape index (κ1) is 13.5. The molecule has 2 aromatic heterocycles. The Labute approximate surface area is 114 Å². The van der Waals surface area contributed by atoms with Crippen molar-refractivity contribution in [2.75, 3.05) is 11.4 Å². The number of aryl methyl sites for hydroxylation is 1. The van der Waals surface area contributed by atoms with Gasteiger partial charge in [-0.05, 0) is 43.7 Å². The molecular formula is C15H20N4. The maximum atomic E-state index is 5.72. The van der Waals surface area contributed by atoms with Crippen molar-refractivity contribution in [3.63, 3.8) is 0 Å². The minimum atomic E-state index is 0.539. The highest BCUT2D eigenvalue weighted by atomic mass is 15.2. The fraction of sp³-hybridized carbons (Fsp3) is 0.333. The summed E-state index contributed by atoms with van der Waals surface area (Å²) in [4.78, 5) is 11.2. The molecule has 100 valence electrons. The molecule has 0 amide bonds. The van der Waals surface area contributed by atoms with Crippen LogP contribution in [-0.4, -0.2) is 16.5 Å². The molecule has 0 aliphatic carbocycles. The number of pyridine rings is 2. The molecule has 2 aromatic rings. The number of aromatic nitrogens is 2. The van der Waals surface area contributed by atoms with Crippen LogP contribution in [-0.2, 0) is 13.1 Å². The second-order valence-electron chi connectivity index (χ2n) is 4.51. The van der Waals surface area contributed by atoms with Crippen LogP contribution >= 0.6 is 0 Å². The summed E-state index contributed by atoms with van der Waals surface area (Å²) in [5.41, 5.74) is 8.88. The number of anilines is 1. The molecule has 0 saturated carbocycles. The van der Waals surface area contributed by atoms with E-state index in [2.05, 4.69) is 27.9 Å². The smallest absolute Gasteiger partial charge is 0.129 e. The summed E-state index contributed by atoms with van der Waals surface area (Å²) in [6.07, 6.45) is 1.82. The Kier molecular flexibility index (Phi) is 4.47. The minimum Gasteiger partial charge on any atom is -0.351 e. The third kappa shape index (κ3) is 3.51. The van der Waals surface area contributed by atoms with Gasteiger partial charge in [-0.25, -0.2) is 4.98 Å². The Bertz CT molecular complexity index is 525. The molecule has 0 aliphatic rings. The summed E-state index contributed by atoms with van der Waals surface area (Å²) < 4.78 is 0. The predicted molar refractivity (Wildman–Crippen MR) is 77.8 cm³/mol. The van der Waals surface area contributed by atoms with E-state index in [0.717, 1.165) is 35.9 Å². The van der Waals surface area contributed by atoms with Gasteiger partial charge in [-0.1, -0.05) is 6.07 Å². The van der Waals surface area contributed by atoms with E-state index < -0.39 is 0 Å². The molecule has 4 heteroatoms. The fourth-order valence-corrected chi connectivity index (χ4v) is 2.04. The van der Waals surface area contributed by atoms with Crippen LogP contribution in [0.2, 0.25) is 0 Å². The van der Waals surface area contributed by atoms with Crippen molar-refractivity contribution in [3.8, 4) is 0 Å². The summed E-state index contributed by atoms with van der Waals surface area (Å²) in [7, 11) is 0. The molecule has 2 rings (SSSR count). The zero-order valence-electron chi connectivity index (χ0n) is 11.5. The van der Waals surface area contributed by atoms with Crippen LogP contribution in [0.4, 0.5) is 5.82 Å². The highest BCUT2D eigenvalue weighted by molar-refractivity contribution is 5.43. The number of rotatable bonds is 5. The molecule has 4 nitrogen and oxygen atoms in total. The molecule has 0 radical (unpaired) electrons. The highest BCUT2D eigenvalue weighted by Crippen LogP contribution is 2.16. The van der Waals surface area contributed by atoms with Crippen LogP contribution < -0.4 is 10.6 Å². The van der Waals surface area contributed by atoms with E-state index in [-0.39, 0.29) is 0 Å². The molecule has 0 aromatic carbocycles. The summed E-state index contributed by atoms with van der Waals surface area (Å²) in [5, 5.41) is 0. The SMILES string of the molecule is CCN(Cc1ccccn1)c1cc(CN)cc(C)n1. The number of nitrogens with zero attached hydrogens (tertiary/aromatic N) is 3. The van der Waals surface area contributed by atoms with Gasteiger partial charge in [0.2, 0.25) is 0 Å². The zero-order chi connectivity index (χ0) is 13.7. The van der Waals surface area contributed by atoms with Crippen LogP contribution in [0, 0.1) is 6.92 Å². The Balaban J connectivity index is 2.24. The summed E-state index contributed by atoms with van der Waals surface area (Å²) in [6, 6.07) is 10.0. The summed E-state index contributed by atoms with van der Waals surface area (Å²) >= 11 is 0. The lowest BCUT2D eigenvalue weighted by atomic mass is 10.2. The Morgan fingerprint density at radius 3 is 2.74 bits per heavy atom.